The monoisotopic (exact) mass is 332 g/mol. The Labute approximate surface area is 149 Å². The van der Waals surface area contributed by atoms with Crippen molar-refractivity contribution in [1.82, 2.24) is 10.3 Å². The number of aromatic amines is 1. The summed E-state index contributed by atoms with van der Waals surface area (Å²) in [5.74, 6) is 1.08. The van der Waals surface area contributed by atoms with Gasteiger partial charge in [-0.3, -0.25) is 0 Å². The Morgan fingerprint density at radius 2 is 1.64 bits per heavy atom. The average molecular weight is 332 g/mol. The summed E-state index contributed by atoms with van der Waals surface area (Å²) in [6.07, 6.45) is 1.05. The lowest BCUT2D eigenvalue weighted by Gasteiger charge is -2.26. The van der Waals surface area contributed by atoms with Crippen molar-refractivity contribution in [2.24, 2.45) is 5.92 Å². The number of nitrogens with one attached hydrogen (secondary N) is 1. The van der Waals surface area contributed by atoms with Crippen LogP contribution in [0.15, 0.2) is 48.5 Å². The summed E-state index contributed by atoms with van der Waals surface area (Å²) in [6, 6.07) is 17.9. The first-order chi connectivity index (χ1) is 12.1. The fraction of sp³-hybridized carbons (Fsp3) is 0.364. The maximum absolute atomic E-state index is 4.73. The SMILES string of the molecule is CC(C)C1Cc2ccccc2-c2n[nH][n+](C(C)C)c2-c2ccccc21. The second-order valence-electron chi connectivity index (χ2n) is 7.67. The summed E-state index contributed by atoms with van der Waals surface area (Å²) >= 11 is 0. The summed E-state index contributed by atoms with van der Waals surface area (Å²) in [4.78, 5) is 0. The lowest BCUT2D eigenvalue weighted by atomic mass is 9.77. The zero-order chi connectivity index (χ0) is 17.6. The Morgan fingerprint density at radius 3 is 2.36 bits per heavy atom. The van der Waals surface area contributed by atoms with Gasteiger partial charge in [0.2, 0.25) is 5.69 Å². The highest BCUT2D eigenvalue weighted by molar-refractivity contribution is 5.80. The standard InChI is InChI=1S/C22H25N3/c1-14(2)20-13-16-9-5-6-10-17(16)21-22(25(15(3)4)24-23-21)19-12-8-7-11-18(19)20/h5-12,14-15,20H,13H2,1-4H3/p+1. The second-order valence-corrected chi connectivity index (χ2v) is 7.67. The molecule has 1 N–H and O–H groups in total. The van der Waals surface area contributed by atoms with Crippen molar-refractivity contribution < 1.29 is 4.68 Å². The van der Waals surface area contributed by atoms with Gasteiger partial charge in [-0.2, -0.15) is 4.68 Å². The molecule has 1 aromatic heterocycles. The summed E-state index contributed by atoms with van der Waals surface area (Å²) < 4.78 is 2.20. The molecule has 4 rings (SSSR count). The van der Waals surface area contributed by atoms with Crippen molar-refractivity contribution >= 4 is 0 Å². The van der Waals surface area contributed by atoms with Crippen LogP contribution in [0.25, 0.3) is 22.5 Å². The number of H-pyrrole nitrogens is 1. The van der Waals surface area contributed by atoms with Crippen LogP contribution in [-0.2, 0) is 6.42 Å². The van der Waals surface area contributed by atoms with E-state index in [2.05, 4.69) is 86.1 Å². The van der Waals surface area contributed by atoms with Gasteiger partial charge in [0.15, 0.2) is 0 Å². The highest BCUT2D eigenvalue weighted by Crippen LogP contribution is 2.42. The van der Waals surface area contributed by atoms with Crippen molar-refractivity contribution in [2.45, 2.75) is 46.1 Å². The Bertz CT molecular complexity index is 905. The van der Waals surface area contributed by atoms with Crippen LogP contribution in [0.3, 0.4) is 0 Å². The van der Waals surface area contributed by atoms with Gasteiger partial charge in [0, 0.05) is 16.2 Å². The fourth-order valence-electron chi connectivity index (χ4n) is 4.05. The van der Waals surface area contributed by atoms with Crippen LogP contribution in [0, 0.1) is 5.92 Å². The Morgan fingerprint density at radius 1 is 0.960 bits per heavy atom. The van der Waals surface area contributed by atoms with E-state index in [1.807, 2.05) is 0 Å². The number of rotatable bonds is 2. The van der Waals surface area contributed by atoms with Crippen LogP contribution < -0.4 is 4.68 Å². The molecule has 0 amide bonds. The van der Waals surface area contributed by atoms with Crippen LogP contribution >= 0.6 is 0 Å². The Hall–Kier alpha value is -2.42. The molecule has 1 aliphatic carbocycles. The summed E-state index contributed by atoms with van der Waals surface area (Å²) in [5, 5.41) is 7.99. The molecule has 0 radical (unpaired) electrons. The van der Waals surface area contributed by atoms with Crippen molar-refractivity contribution in [3.63, 3.8) is 0 Å². The van der Waals surface area contributed by atoms with E-state index in [-0.39, 0.29) is 0 Å². The van der Waals surface area contributed by atoms with Gasteiger partial charge in [-0.05, 0) is 43.2 Å². The van der Waals surface area contributed by atoms with Crippen LogP contribution in [0.5, 0.6) is 0 Å². The number of fused-ring (bicyclic) bond motifs is 5. The van der Waals surface area contributed by atoms with Crippen LogP contribution in [0.1, 0.15) is 50.8 Å². The molecule has 3 nitrogen and oxygen atoms in total. The number of nitrogens with zero attached hydrogens (tertiary/aromatic N) is 2. The molecule has 0 saturated heterocycles. The minimum atomic E-state index is 0.327. The smallest absolute Gasteiger partial charge is 0.152 e. The molecule has 0 aliphatic heterocycles. The maximum Gasteiger partial charge on any atom is 0.256 e. The fourth-order valence-corrected chi connectivity index (χ4v) is 4.05. The molecule has 0 saturated carbocycles. The van der Waals surface area contributed by atoms with E-state index in [0.717, 1.165) is 12.1 Å². The first-order valence-corrected chi connectivity index (χ1v) is 9.25. The highest BCUT2D eigenvalue weighted by Gasteiger charge is 2.34. The molecule has 0 fully saturated rings. The van der Waals surface area contributed by atoms with E-state index < -0.39 is 0 Å². The molecule has 0 bridgehead atoms. The third-order valence-corrected chi connectivity index (χ3v) is 5.38. The van der Waals surface area contributed by atoms with E-state index in [0.29, 0.717) is 17.9 Å². The van der Waals surface area contributed by atoms with Gasteiger partial charge in [-0.15, -0.1) is 0 Å². The number of hydrogen-bond acceptors (Lipinski definition) is 1. The van der Waals surface area contributed by atoms with Gasteiger partial charge < -0.3 is 0 Å². The zero-order valence-electron chi connectivity index (χ0n) is 15.5. The van der Waals surface area contributed by atoms with Gasteiger partial charge in [0.1, 0.15) is 6.04 Å². The van der Waals surface area contributed by atoms with Gasteiger partial charge in [-0.1, -0.05) is 67.6 Å². The summed E-state index contributed by atoms with van der Waals surface area (Å²) in [6.45, 7) is 9.06. The lowest BCUT2D eigenvalue weighted by Crippen LogP contribution is -2.40. The van der Waals surface area contributed by atoms with Crippen molar-refractivity contribution in [3.05, 3.63) is 59.7 Å². The maximum atomic E-state index is 4.73. The first kappa shape index (κ1) is 16.1. The van der Waals surface area contributed by atoms with E-state index in [9.17, 15) is 0 Å². The van der Waals surface area contributed by atoms with Gasteiger partial charge in [0.25, 0.3) is 5.69 Å². The average Bonchev–Trinajstić information content (AvgIpc) is 3.03. The minimum Gasteiger partial charge on any atom is -0.152 e. The summed E-state index contributed by atoms with van der Waals surface area (Å²) in [5.41, 5.74) is 7.67. The van der Waals surface area contributed by atoms with Crippen LogP contribution in [0.2, 0.25) is 0 Å². The minimum absolute atomic E-state index is 0.327. The molecule has 25 heavy (non-hydrogen) atoms. The van der Waals surface area contributed by atoms with E-state index in [1.165, 1.54) is 27.9 Å². The first-order valence-electron chi connectivity index (χ1n) is 9.25. The second kappa shape index (κ2) is 6.14. The van der Waals surface area contributed by atoms with E-state index >= 15 is 0 Å². The van der Waals surface area contributed by atoms with Crippen molar-refractivity contribution in [2.75, 3.05) is 0 Å². The van der Waals surface area contributed by atoms with Gasteiger partial charge in [0.05, 0.1) is 0 Å². The molecule has 1 heterocycles. The molecular formula is C22H26N3+. The third kappa shape index (κ3) is 2.58. The highest BCUT2D eigenvalue weighted by atomic mass is 15.4. The molecule has 1 aliphatic rings. The molecule has 2 aromatic carbocycles. The summed E-state index contributed by atoms with van der Waals surface area (Å²) in [7, 11) is 0. The van der Waals surface area contributed by atoms with Crippen molar-refractivity contribution in [3.8, 4) is 22.5 Å². The molecule has 0 spiro atoms. The molecule has 1 atom stereocenters. The zero-order valence-corrected chi connectivity index (χ0v) is 15.5. The quantitative estimate of drug-likeness (QED) is 0.665. The Balaban J connectivity index is 2.09. The molecule has 128 valence electrons. The molecule has 3 aromatic rings. The van der Waals surface area contributed by atoms with Crippen LogP contribution in [0.4, 0.5) is 0 Å². The number of benzene rings is 2. The number of hydrogen-bond donors (Lipinski definition) is 1. The normalized spacial score (nSPS) is 16.2. The molecule has 1 unspecified atom stereocenters. The lowest BCUT2D eigenvalue weighted by molar-refractivity contribution is -0.761. The van der Waals surface area contributed by atoms with E-state index in [1.54, 1.807) is 0 Å². The van der Waals surface area contributed by atoms with Gasteiger partial charge >= 0.3 is 0 Å². The van der Waals surface area contributed by atoms with E-state index in [4.69, 9.17) is 5.10 Å². The predicted molar refractivity (Wildman–Crippen MR) is 101 cm³/mol. The third-order valence-electron chi connectivity index (χ3n) is 5.38. The topological polar surface area (TPSA) is 32.6 Å². The van der Waals surface area contributed by atoms with Crippen molar-refractivity contribution in [1.29, 1.82) is 0 Å². The van der Waals surface area contributed by atoms with Crippen LogP contribution in [-0.4, -0.2) is 10.3 Å². The van der Waals surface area contributed by atoms with Gasteiger partial charge in [-0.25, -0.2) is 0 Å². The largest absolute Gasteiger partial charge is 0.256 e. The Kier molecular flexibility index (Phi) is 3.95. The number of aromatic nitrogens is 3. The predicted octanol–water partition coefficient (Wildman–Crippen LogP) is 4.91. The molecular weight excluding hydrogens is 306 g/mol. The molecule has 3 heteroatoms.